The molecule has 170 valence electrons. The summed E-state index contributed by atoms with van der Waals surface area (Å²) in [5, 5.41) is 2.86. The van der Waals surface area contributed by atoms with Gasteiger partial charge in [-0.15, -0.1) is 0 Å². The highest BCUT2D eigenvalue weighted by Crippen LogP contribution is 2.41. The molecule has 1 N–H and O–H groups in total. The van der Waals surface area contributed by atoms with E-state index in [-0.39, 0.29) is 6.03 Å². The molecule has 0 radical (unpaired) electrons. The number of likely N-dealkylation sites (tertiary alicyclic amines) is 2. The summed E-state index contributed by atoms with van der Waals surface area (Å²) in [7, 11) is 0. The zero-order valence-corrected chi connectivity index (χ0v) is 19.8. The molecule has 3 aliphatic heterocycles. The summed E-state index contributed by atoms with van der Waals surface area (Å²) in [5.74, 6) is 0.773. The highest BCUT2D eigenvalue weighted by atomic mass is 16.2. The second kappa shape index (κ2) is 9.33. The Hall–Kier alpha value is -1.85. The molecule has 1 aromatic carbocycles. The number of nitrogens with zero attached hydrogens (tertiary/aromatic N) is 3. The van der Waals surface area contributed by atoms with Crippen molar-refractivity contribution < 1.29 is 4.79 Å². The molecule has 31 heavy (non-hydrogen) atoms. The largest absolute Gasteiger partial charge is 0.326 e. The first kappa shape index (κ1) is 22.3. The highest BCUT2D eigenvalue weighted by Gasteiger charge is 2.37. The van der Waals surface area contributed by atoms with Crippen LogP contribution in [0.15, 0.2) is 30.5 Å². The van der Waals surface area contributed by atoms with E-state index in [0.29, 0.717) is 12.0 Å². The second-order valence-electron chi connectivity index (χ2n) is 10.5. The molecule has 0 unspecified atom stereocenters. The maximum atomic E-state index is 12.3. The molecular weight excluding hydrogens is 384 g/mol. The van der Waals surface area contributed by atoms with Gasteiger partial charge in [0.1, 0.15) is 0 Å². The Morgan fingerprint density at radius 1 is 1.03 bits per heavy atom. The number of piperidine rings is 2. The number of benzene rings is 1. The van der Waals surface area contributed by atoms with E-state index in [1.807, 2.05) is 4.90 Å². The van der Waals surface area contributed by atoms with Crippen LogP contribution in [0.25, 0.3) is 0 Å². The minimum Gasteiger partial charge on any atom is -0.312 e. The molecule has 3 aliphatic rings. The maximum Gasteiger partial charge on any atom is 0.326 e. The Morgan fingerprint density at radius 2 is 1.68 bits per heavy atom. The van der Waals surface area contributed by atoms with Gasteiger partial charge in [0, 0.05) is 37.4 Å². The zero-order valence-electron chi connectivity index (χ0n) is 19.8. The van der Waals surface area contributed by atoms with Gasteiger partial charge in [-0.1, -0.05) is 32.6 Å². The SMILES string of the molecule is C=C1CCN(c2ccc(CN3CCC4(CC3)CCN(CC(C)C)CC4)cc2C)C(=O)N1. The van der Waals surface area contributed by atoms with Crippen LogP contribution in [-0.2, 0) is 6.54 Å². The van der Waals surface area contributed by atoms with Crippen molar-refractivity contribution in [1.82, 2.24) is 15.1 Å². The summed E-state index contributed by atoms with van der Waals surface area (Å²) in [4.78, 5) is 19.5. The molecule has 3 fully saturated rings. The monoisotopic (exact) mass is 424 g/mol. The molecule has 0 bridgehead atoms. The molecule has 5 nitrogen and oxygen atoms in total. The smallest absolute Gasteiger partial charge is 0.312 e. The van der Waals surface area contributed by atoms with Crippen LogP contribution in [0.1, 0.15) is 57.1 Å². The van der Waals surface area contributed by atoms with E-state index in [9.17, 15) is 4.79 Å². The maximum absolute atomic E-state index is 12.3. The average Bonchev–Trinajstić information content (AvgIpc) is 2.72. The minimum absolute atomic E-state index is 0.0622. The Bertz CT molecular complexity index is 800. The third-order valence-corrected chi connectivity index (χ3v) is 7.58. The molecule has 5 heteroatoms. The van der Waals surface area contributed by atoms with Crippen LogP contribution in [-0.4, -0.2) is 55.1 Å². The first-order valence-corrected chi connectivity index (χ1v) is 12.1. The van der Waals surface area contributed by atoms with Crippen LogP contribution in [0, 0.1) is 18.3 Å². The van der Waals surface area contributed by atoms with Crippen molar-refractivity contribution in [2.24, 2.45) is 11.3 Å². The number of amides is 2. The number of urea groups is 1. The summed E-state index contributed by atoms with van der Waals surface area (Å²) in [6.07, 6.45) is 6.25. The molecule has 1 aromatic rings. The van der Waals surface area contributed by atoms with Crippen LogP contribution >= 0.6 is 0 Å². The van der Waals surface area contributed by atoms with Crippen LogP contribution < -0.4 is 10.2 Å². The Balaban J connectivity index is 1.30. The van der Waals surface area contributed by atoms with Gasteiger partial charge >= 0.3 is 6.03 Å². The fourth-order valence-corrected chi connectivity index (χ4v) is 5.65. The lowest BCUT2D eigenvalue weighted by atomic mass is 9.71. The van der Waals surface area contributed by atoms with Crippen molar-refractivity contribution in [3.8, 4) is 0 Å². The van der Waals surface area contributed by atoms with Crippen LogP contribution in [0.4, 0.5) is 10.5 Å². The van der Waals surface area contributed by atoms with E-state index in [0.717, 1.165) is 30.3 Å². The van der Waals surface area contributed by atoms with Gasteiger partial charge < -0.3 is 10.2 Å². The van der Waals surface area contributed by atoms with E-state index in [1.54, 1.807) is 0 Å². The third kappa shape index (κ3) is 5.32. The standard InChI is InChI=1S/C26H40N4O/c1-20(2)18-28-13-8-26(9-14-28)10-15-29(16-11-26)19-23-5-6-24(21(3)17-23)30-12-7-22(4)27-25(30)31/h5-6,17,20H,4,7-16,18-19H2,1-3H3,(H,27,31). The number of hydrogen-bond donors (Lipinski definition) is 1. The van der Waals surface area contributed by atoms with Crippen molar-refractivity contribution in [1.29, 1.82) is 0 Å². The van der Waals surface area contributed by atoms with Gasteiger partial charge in [-0.2, -0.15) is 0 Å². The van der Waals surface area contributed by atoms with Gasteiger partial charge in [-0.25, -0.2) is 4.79 Å². The van der Waals surface area contributed by atoms with E-state index >= 15 is 0 Å². The molecule has 0 atom stereocenters. The number of carbonyl (C=O) groups is 1. The summed E-state index contributed by atoms with van der Waals surface area (Å²) >= 11 is 0. The lowest BCUT2D eigenvalue weighted by molar-refractivity contribution is 0.0291. The Kier molecular flexibility index (Phi) is 6.73. The molecule has 3 heterocycles. The van der Waals surface area contributed by atoms with Gasteiger partial charge in [0.05, 0.1) is 0 Å². The minimum atomic E-state index is -0.0622. The van der Waals surface area contributed by atoms with Crippen LogP contribution in [0.2, 0.25) is 0 Å². The molecule has 0 saturated carbocycles. The summed E-state index contributed by atoms with van der Waals surface area (Å²) < 4.78 is 0. The molecule has 1 spiro atoms. The Morgan fingerprint density at radius 3 is 2.26 bits per heavy atom. The predicted molar refractivity (Wildman–Crippen MR) is 128 cm³/mol. The lowest BCUT2D eigenvalue weighted by Gasteiger charge is -2.47. The van der Waals surface area contributed by atoms with Gasteiger partial charge in [0.15, 0.2) is 0 Å². The molecular formula is C26H40N4O. The normalized spacial score (nSPS) is 22.9. The molecule has 0 aliphatic carbocycles. The van der Waals surface area contributed by atoms with Gasteiger partial charge in [0.2, 0.25) is 0 Å². The molecule has 0 aromatic heterocycles. The third-order valence-electron chi connectivity index (χ3n) is 7.58. The number of rotatable bonds is 5. The fourth-order valence-electron chi connectivity index (χ4n) is 5.65. The first-order valence-electron chi connectivity index (χ1n) is 12.1. The Labute approximate surface area is 188 Å². The van der Waals surface area contributed by atoms with Crippen molar-refractivity contribution in [2.75, 3.05) is 44.2 Å². The summed E-state index contributed by atoms with van der Waals surface area (Å²) in [6.45, 7) is 18.6. The average molecular weight is 425 g/mol. The molecule has 4 rings (SSSR count). The quantitative estimate of drug-likeness (QED) is 0.740. The van der Waals surface area contributed by atoms with Crippen molar-refractivity contribution in [3.63, 3.8) is 0 Å². The first-order chi connectivity index (χ1) is 14.8. The van der Waals surface area contributed by atoms with Gasteiger partial charge in [-0.3, -0.25) is 9.80 Å². The van der Waals surface area contributed by atoms with E-state index < -0.39 is 0 Å². The number of aryl methyl sites for hydroxylation is 1. The van der Waals surface area contributed by atoms with Gasteiger partial charge in [-0.05, 0) is 87.3 Å². The van der Waals surface area contributed by atoms with Crippen molar-refractivity contribution in [2.45, 2.75) is 59.4 Å². The van der Waals surface area contributed by atoms with Crippen molar-refractivity contribution in [3.05, 3.63) is 41.6 Å². The number of nitrogens with one attached hydrogen (secondary N) is 1. The predicted octanol–water partition coefficient (Wildman–Crippen LogP) is 4.76. The summed E-state index contributed by atoms with van der Waals surface area (Å²) in [6, 6.07) is 6.52. The van der Waals surface area contributed by atoms with Crippen LogP contribution in [0.3, 0.4) is 0 Å². The summed E-state index contributed by atoms with van der Waals surface area (Å²) in [5.41, 5.74) is 4.94. The number of carbonyl (C=O) groups excluding carboxylic acids is 1. The number of hydrogen-bond acceptors (Lipinski definition) is 3. The zero-order chi connectivity index (χ0) is 22.0. The van der Waals surface area contributed by atoms with E-state index in [4.69, 9.17) is 0 Å². The lowest BCUT2D eigenvalue weighted by Crippen LogP contribution is -2.47. The molecule has 3 saturated heterocycles. The van der Waals surface area contributed by atoms with E-state index in [2.05, 4.69) is 60.7 Å². The molecule has 2 amide bonds. The van der Waals surface area contributed by atoms with Crippen LogP contribution in [0.5, 0.6) is 0 Å². The fraction of sp³-hybridized carbons (Fsp3) is 0.654. The number of anilines is 1. The second-order valence-corrected chi connectivity index (χ2v) is 10.5. The van der Waals surface area contributed by atoms with Gasteiger partial charge in [0.25, 0.3) is 0 Å². The topological polar surface area (TPSA) is 38.8 Å². The van der Waals surface area contributed by atoms with E-state index in [1.165, 1.54) is 69.5 Å². The van der Waals surface area contributed by atoms with Crippen molar-refractivity contribution >= 4 is 11.7 Å². The highest BCUT2D eigenvalue weighted by molar-refractivity contribution is 5.94.